The number of hydrogen-bond donors (Lipinski definition) is 0. The van der Waals surface area contributed by atoms with Crippen LogP contribution in [-0.4, -0.2) is 38.7 Å². The third-order valence-electron chi connectivity index (χ3n) is 5.60. The van der Waals surface area contributed by atoms with Gasteiger partial charge < -0.3 is 13.9 Å². The van der Waals surface area contributed by atoms with Crippen LogP contribution in [0.5, 0.6) is 0 Å². The van der Waals surface area contributed by atoms with Crippen molar-refractivity contribution in [3.8, 4) is 0 Å². The van der Waals surface area contributed by atoms with Gasteiger partial charge in [0.2, 0.25) is 0 Å². The van der Waals surface area contributed by atoms with Crippen LogP contribution in [0.1, 0.15) is 61.3 Å². The molecule has 0 bridgehead atoms. The zero-order valence-corrected chi connectivity index (χ0v) is 18.6. The fourth-order valence-electron chi connectivity index (χ4n) is 2.91. The molecule has 25 heavy (non-hydrogen) atoms. The summed E-state index contributed by atoms with van der Waals surface area (Å²) < 4.78 is 17.4. The average molecular weight is 371 g/mol. The Morgan fingerprint density at radius 3 is 2.40 bits per heavy atom. The van der Waals surface area contributed by atoms with Crippen LogP contribution in [0.15, 0.2) is 12.2 Å². The van der Waals surface area contributed by atoms with Crippen molar-refractivity contribution in [2.75, 3.05) is 6.61 Å². The van der Waals surface area contributed by atoms with Gasteiger partial charge in [-0.15, -0.1) is 0 Å². The Morgan fingerprint density at radius 2 is 1.92 bits per heavy atom. The van der Waals surface area contributed by atoms with Crippen LogP contribution in [0.2, 0.25) is 18.1 Å². The van der Waals surface area contributed by atoms with E-state index in [1.54, 1.807) is 6.92 Å². The van der Waals surface area contributed by atoms with Crippen LogP contribution in [0.25, 0.3) is 0 Å². The van der Waals surface area contributed by atoms with Crippen molar-refractivity contribution < 1.29 is 18.7 Å². The minimum atomic E-state index is -1.76. The molecular formula is C20H38O4Si. The van der Waals surface area contributed by atoms with E-state index in [0.717, 1.165) is 12.8 Å². The van der Waals surface area contributed by atoms with Crippen molar-refractivity contribution in [2.45, 2.75) is 97.2 Å². The topological polar surface area (TPSA) is 48.1 Å². The summed E-state index contributed by atoms with van der Waals surface area (Å²) in [4.78, 5) is 11.5. The van der Waals surface area contributed by atoms with Gasteiger partial charge in [-0.25, -0.2) is 4.79 Å². The molecule has 0 N–H and O–H groups in total. The van der Waals surface area contributed by atoms with Crippen molar-refractivity contribution in [1.82, 2.24) is 0 Å². The SMILES string of the molecule is CCOC(=O)/C=C/C1(C)OC1[C@@H](C)C[C@@H](CC)O[Si](C)(C)C(C)(C)C. The van der Waals surface area contributed by atoms with E-state index in [9.17, 15) is 4.79 Å². The van der Waals surface area contributed by atoms with Gasteiger partial charge in [0.1, 0.15) is 5.60 Å². The van der Waals surface area contributed by atoms with Gasteiger partial charge in [0.15, 0.2) is 8.32 Å². The summed E-state index contributed by atoms with van der Waals surface area (Å²) in [6.45, 7) is 20.1. The molecule has 1 rings (SSSR count). The molecule has 146 valence electrons. The first-order chi connectivity index (χ1) is 11.4. The highest BCUT2D eigenvalue weighted by atomic mass is 28.4. The van der Waals surface area contributed by atoms with Gasteiger partial charge >= 0.3 is 5.97 Å². The van der Waals surface area contributed by atoms with Gasteiger partial charge in [0.25, 0.3) is 0 Å². The molecule has 0 radical (unpaired) electrons. The minimum absolute atomic E-state index is 0.134. The molecule has 0 saturated carbocycles. The molecule has 0 aromatic heterocycles. The Morgan fingerprint density at radius 1 is 1.32 bits per heavy atom. The largest absolute Gasteiger partial charge is 0.463 e. The number of ether oxygens (including phenoxy) is 2. The summed E-state index contributed by atoms with van der Waals surface area (Å²) in [5, 5.41) is 0.219. The summed E-state index contributed by atoms with van der Waals surface area (Å²) in [5.41, 5.74) is -0.360. The second kappa shape index (κ2) is 8.36. The van der Waals surface area contributed by atoms with Crippen molar-refractivity contribution in [1.29, 1.82) is 0 Å². The summed E-state index contributed by atoms with van der Waals surface area (Å²) in [6, 6.07) is 0. The van der Waals surface area contributed by atoms with Gasteiger partial charge in [-0.1, -0.05) is 34.6 Å². The number of esters is 1. The first-order valence-corrected chi connectivity index (χ1v) is 12.5. The van der Waals surface area contributed by atoms with E-state index in [-0.39, 0.29) is 28.8 Å². The normalized spacial score (nSPS) is 26.5. The Hall–Kier alpha value is -0.653. The minimum Gasteiger partial charge on any atom is -0.463 e. The Kier molecular flexibility index (Phi) is 7.49. The molecule has 1 aliphatic rings. The number of hydrogen-bond acceptors (Lipinski definition) is 4. The van der Waals surface area contributed by atoms with Gasteiger partial charge in [0, 0.05) is 12.2 Å². The molecule has 1 fully saturated rings. The van der Waals surface area contributed by atoms with E-state index >= 15 is 0 Å². The monoisotopic (exact) mass is 370 g/mol. The fourth-order valence-corrected chi connectivity index (χ4v) is 4.36. The van der Waals surface area contributed by atoms with Crippen molar-refractivity contribution in [2.24, 2.45) is 5.92 Å². The maximum Gasteiger partial charge on any atom is 0.330 e. The predicted molar refractivity (Wildman–Crippen MR) is 105 cm³/mol. The van der Waals surface area contributed by atoms with Crippen LogP contribution < -0.4 is 0 Å². The summed E-state index contributed by atoms with van der Waals surface area (Å²) in [7, 11) is -1.76. The van der Waals surface area contributed by atoms with Gasteiger partial charge in [-0.2, -0.15) is 0 Å². The highest BCUT2D eigenvalue weighted by Gasteiger charge is 2.53. The number of epoxide rings is 1. The predicted octanol–water partition coefficient (Wildman–Crippen LogP) is 5.09. The molecule has 0 aliphatic carbocycles. The number of rotatable bonds is 9. The molecule has 1 saturated heterocycles. The Bertz CT molecular complexity index is 481. The van der Waals surface area contributed by atoms with E-state index in [2.05, 4.69) is 47.7 Å². The van der Waals surface area contributed by atoms with E-state index in [1.165, 1.54) is 6.08 Å². The van der Waals surface area contributed by atoms with Crippen LogP contribution in [0, 0.1) is 5.92 Å². The van der Waals surface area contributed by atoms with Crippen molar-refractivity contribution in [3.05, 3.63) is 12.2 Å². The molecule has 0 spiro atoms. The highest BCUT2D eigenvalue weighted by molar-refractivity contribution is 6.74. The summed E-state index contributed by atoms with van der Waals surface area (Å²) >= 11 is 0. The van der Waals surface area contributed by atoms with Crippen LogP contribution in [-0.2, 0) is 18.7 Å². The van der Waals surface area contributed by atoms with Crippen LogP contribution in [0.4, 0.5) is 0 Å². The zero-order valence-electron chi connectivity index (χ0n) is 17.6. The quantitative estimate of drug-likeness (QED) is 0.245. The lowest BCUT2D eigenvalue weighted by atomic mass is 9.92. The molecular weight excluding hydrogens is 332 g/mol. The van der Waals surface area contributed by atoms with Crippen molar-refractivity contribution >= 4 is 14.3 Å². The van der Waals surface area contributed by atoms with E-state index in [1.807, 2.05) is 13.0 Å². The van der Waals surface area contributed by atoms with Crippen LogP contribution in [0.3, 0.4) is 0 Å². The number of carbonyl (C=O) groups is 1. The maximum atomic E-state index is 11.5. The smallest absolute Gasteiger partial charge is 0.330 e. The first kappa shape index (κ1) is 22.4. The average Bonchev–Trinajstić information content (AvgIpc) is 3.16. The molecule has 1 aliphatic heterocycles. The molecule has 2 unspecified atom stereocenters. The Balaban J connectivity index is 2.61. The first-order valence-electron chi connectivity index (χ1n) is 9.58. The second-order valence-corrected chi connectivity index (χ2v) is 13.7. The number of carbonyl (C=O) groups excluding carboxylic acids is 1. The van der Waals surface area contributed by atoms with Crippen LogP contribution >= 0.6 is 0 Å². The fraction of sp³-hybridized carbons (Fsp3) is 0.850. The van der Waals surface area contributed by atoms with Gasteiger partial charge in [-0.05, 0) is 56.8 Å². The molecule has 0 amide bonds. The molecule has 4 nitrogen and oxygen atoms in total. The third kappa shape index (κ3) is 6.22. The van der Waals surface area contributed by atoms with Gasteiger partial charge in [-0.3, -0.25) is 0 Å². The lowest BCUT2D eigenvalue weighted by Gasteiger charge is -2.39. The molecule has 4 atom stereocenters. The van der Waals surface area contributed by atoms with E-state index in [0.29, 0.717) is 12.5 Å². The molecule has 0 aromatic rings. The molecule has 5 heteroatoms. The highest BCUT2D eigenvalue weighted by Crippen LogP contribution is 2.45. The second-order valence-electron chi connectivity index (χ2n) is 8.93. The van der Waals surface area contributed by atoms with Crippen molar-refractivity contribution in [3.63, 3.8) is 0 Å². The third-order valence-corrected chi connectivity index (χ3v) is 10.1. The maximum absolute atomic E-state index is 11.5. The summed E-state index contributed by atoms with van der Waals surface area (Å²) in [5.74, 6) is 0.0740. The van der Waals surface area contributed by atoms with E-state index < -0.39 is 8.32 Å². The zero-order chi connectivity index (χ0) is 19.5. The standard InChI is InChI=1S/C20H38O4Si/c1-10-16(24-25(8,9)19(4,5)6)14-15(3)18-20(7,23-18)13-12-17(21)22-11-2/h12-13,15-16,18H,10-11,14H2,1-9H3/b13-12+/t15-,16+,18?,20?/m0/s1. The molecule has 0 aromatic carbocycles. The molecule has 1 heterocycles. The lowest BCUT2D eigenvalue weighted by molar-refractivity contribution is -0.137. The Labute approximate surface area is 155 Å². The van der Waals surface area contributed by atoms with Gasteiger partial charge in [0.05, 0.1) is 12.7 Å². The lowest BCUT2D eigenvalue weighted by Crippen LogP contribution is -2.44. The van der Waals surface area contributed by atoms with E-state index in [4.69, 9.17) is 13.9 Å². The summed E-state index contributed by atoms with van der Waals surface area (Å²) in [6.07, 6.45) is 5.71.